The first kappa shape index (κ1) is 12.7. The van der Waals surface area contributed by atoms with Crippen molar-refractivity contribution in [3.63, 3.8) is 0 Å². The van der Waals surface area contributed by atoms with Gasteiger partial charge >= 0.3 is 0 Å². The number of pyridine rings is 1. The van der Waals surface area contributed by atoms with Gasteiger partial charge < -0.3 is 5.32 Å². The molecule has 2 heterocycles. The largest absolute Gasteiger partial charge is 0.356 e. The van der Waals surface area contributed by atoms with Gasteiger partial charge in [0.2, 0.25) is 5.91 Å². The highest BCUT2D eigenvalue weighted by atomic mass is 32.1. The van der Waals surface area contributed by atoms with E-state index in [9.17, 15) is 4.79 Å². The van der Waals surface area contributed by atoms with E-state index < -0.39 is 0 Å². The molecule has 2 rings (SSSR count). The molecule has 18 heavy (non-hydrogen) atoms. The van der Waals surface area contributed by atoms with Crippen molar-refractivity contribution in [1.82, 2.24) is 15.3 Å². The van der Waals surface area contributed by atoms with Gasteiger partial charge in [0.25, 0.3) is 0 Å². The molecule has 0 saturated heterocycles. The van der Waals surface area contributed by atoms with Crippen LogP contribution in [0.15, 0.2) is 29.8 Å². The number of aromatic nitrogens is 2. The van der Waals surface area contributed by atoms with E-state index in [0.29, 0.717) is 13.0 Å². The smallest absolute Gasteiger partial charge is 0.219 e. The second-order valence-corrected chi connectivity index (χ2v) is 4.74. The van der Waals surface area contributed by atoms with Crippen LogP contribution in [0.5, 0.6) is 0 Å². The molecule has 0 aliphatic heterocycles. The number of carbonyl (C=O) groups excluding carboxylic acids is 1. The molecule has 0 fully saturated rings. The molecule has 0 aromatic carbocycles. The highest BCUT2D eigenvalue weighted by Crippen LogP contribution is 2.19. The van der Waals surface area contributed by atoms with Gasteiger partial charge in [-0.25, -0.2) is 4.98 Å². The highest BCUT2D eigenvalue weighted by molar-refractivity contribution is 7.09. The third kappa shape index (κ3) is 3.37. The number of nitrogens with zero attached hydrogens (tertiary/aromatic N) is 2. The molecule has 1 amide bonds. The van der Waals surface area contributed by atoms with Crippen LogP contribution >= 0.6 is 11.3 Å². The average Bonchev–Trinajstić information content (AvgIpc) is 2.88. The summed E-state index contributed by atoms with van der Waals surface area (Å²) in [5, 5.41) is 5.86. The van der Waals surface area contributed by atoms with Crippen molar-refractivity contribution in [2.45, 2.75) is 19.8 Å². The first-order chi connectivity index (χ1) is 8.79. The summed E-state index contributed by atoms with van der Waals surface area (Å²) in [6, 6.07) is 5.78. The fraction of sp³-hybridized carbons (Fsp3) is 0.308. The predicted molar refractivity (Wildman–Crippen MR) is 72.3 cm³/mol. The number of thiazole rings is 1. The van der Waals surface area contributed by atoms with Crippen LogP contribution in [0.1, 0.15) is 18.4 Å². The van der Waals surface area contributed by atoms with Gasteiger partial charge in [0.15, 0.2) is 0 Å². The number of rotatable bonds is 5. The van der Waals surface area contributed by atoms with Crippen molar-refractivity contribution in [1.29, 1.82) is 0 Å². The molecule has 0 unspecified atom stereocenters. The minimum atomic E-state index is 0.0801. The maximum Gasteiger partial charge on any atom is 0.219 e. The molecule has 5 heteroatoms. The van der Waals surface area contributed by atoms with E-state index in [1.54, 1.807) is 17.5 Å². The Morgan fingerprint density at radius 2 is 2.28 bits per heavy atom. The molecule has 0 saturated carbocycles. The summed E-state index contributed by atoms with van der Waals surface area (Å²) in [5.74, 6) is 0.0801. The van der Waals surface area contributed by atoms with Gasteiger partial charge in [-0.15, -0.1) is 11.3 Å². The van der Waals surface area contributed by atoms with Gasteiger partial charge in [-0.2, -0.15) is 0 Å². The van der Waals surface area contributed by atoms with Crippen LogP contribution in [-0.2, 0) is 11.2 Å². The predicted octanol–water partition coefficient (Wildman–Crippen LogP) is 2.27. The Morgan fingerprint density at radius 3 is 3.00 bits per heavy atom. The fourth-order valence-corrected chi connectivity index (χ4v) is 2.28. The zero-order valence-electron chi connectivity index (χ0n) is 10.2. The molecule has 94 valence electrons. The lowest BCUT2D eigenvalue weighted by Gasteiger charge is -2.00. The van der Waals surface area contributed by atoms with Gasteiger partial charge in [0.1, 0.15) is 0 Å². The van der Waals surface area contributed by atoms with Crippen LogP contribution in [0.25, 0.3) is 11.4 Å². The molecule has 0 radical (unpaired) electrons. The summed E-state index contributed by atoms with van der Waals surface area (Å²) in [6.07, 6.45) is 3.05. The molecular formula is C13H15N3OS. The van der Waals surface area contributed by atoms with E-state index in [0.717, 1.165) is 22.8 Å². The molecule has 4 nitrogen and oxygen atoms in total. The molecule has 1 N–H and O–H groups in total. The van der Waals surface area contributed by atoms with Crippen LogP contribution in [0.4, 0.5) is 0 Å². The zero-order chi connectivity index (χ0) is 12.8. The van der Waals surface area contributed by atoms with E-state index in [1.165, 1.54) is 0 Å². The highest BCUT2D eigenvalue weighted by Gasteiger charge is 2.05. The van der Waals surface area contributed by atoms with Gasteiger partial charge in [-0.05, 0) is 12.1 Å². The Hall–Kier alpha value is -1.75. The van der Waals surface area contributed by atoms with E-state index in [2.05, 4.69) is 15.3 Å². The van der Waals surface area contributed by atoms with E-state index >= 15 is 0 Å². The Labute approximate surface area is 110 Å². The molecule has 0 atom stereocenters. The third-order valence-electron chi connectivity index (χ3n) is 2.46. The first-order valence-corrected chi connectivity index (χ1v) is 6.80. The van der Waals surface area contributed by atoms with Crippen LogP contribution in [0.2, 0.25) is 0 Å². The Morgan fingerprint density at radius 1 is 1.39 bits per heavy atom. The quantitative estimate of drug-likeness (QED) is 0.898. The van der Waals surface area contributed by atoms with Crippen molar-refractivity contribution < 1.29 is 4.79 Å². The second-order valence-electron chi connectivity index (χ2n) is 3.79. The molecule has 2 aromatic heterocycles. The first-order valence-electron chi connectivity index (χ1n) is 5.92. The van der Waals surface area contributed by atoms with Crippen molar-refractivity contribution in [3.8, 4) is 11.4 Å². The Balaban J connectivity index is 1.93. The fourth-order valence-electron chi connectivity index (χ4n) is 1.49. The summed E-state index contributed by atoms with van der Waals surface area (Å²) in [7, 11) is 0. The normalized spacial score (nSPS) is 10.3. The van der Waals surface area contributed by atoms with Crippen molar-refractivity contribution in [2.24, 2.45) is 0 Å². The average molecular weight is 261 g/mol. The number of hydrogen-bond acceptors (Lipinski definition) is 4. The van der Waals surface area contributed by atoms with Gasteiger partial charge in [-0.1, -0.05) is 13.0 Å². The minimum absolute atomic E-state index is 0.0801. The van der Waals surface area contributed by atoms with E-state index in [4.69, 9.17) is 0 Å². The summed E-state index contributed by atoms with van der Waals surface area (Å²) in [6.45, 7) is 2.49. The lowest BCUT2D eigenvalue weighted by molar-refractivity contribution is -0.120. The van der Waals surface area contributed by atoms with Crippen molar-refractivity contribution in [2.75, 3.05) is 6.54 Å². The van der Waals surface area contributed by atoms with Crippen LogP contribution in [0.3, 0.4) is 0 Å². The lowest BCUT2D eigenvalue weighted by atomic mass is 10.3. The molecule has 0 spiro atoms. The number of nitrogens with one attached hydrogen (secondary N) is 1. The summed E-state index contributed by atoms with van der Waals surface area (Å²) in [5.41, 5.74) is 1.79. The van der Waals surface area contributed by atoms with Gasteiger partial charge in [0, 0.05) is 31.0 Å². The summed E-state index contributed by atoms with van der Waals surface area (Å²) in [4.78, 5) is 19.9. The number of amides is 1. The standard InChI is InChI=1S/C13H15N3OS/c1-2-12(17)15-8-6-13-16-11(9-18-13)10-5-3-4-7-14-10/h3-5,7,9H,2,6,8H2,1H3,(H,15,17). The molecule has 0 aliphatic rings. The van der Waals surface area contributed by atoms with E-state index in [1.807, 2.05) is 30.5 Å². The second kappa shape index (κ2) is 6.26. The van der Waals surface area contributed by atoms with Crippen molar-refractivity contribution in [3.05, 3.63) is 34.8 Å². The molecule has 2 aromatic rings. The van der Waals surface area contributed by atoms with Gasteiger partial charge in [-0.3, -0.25) is 9.78 Å². The molecule has 0 bridgehead atoms. The van der Waals surface area contributed by atoms with Crippen LogP contribution in [0, 0.1) is 0 Å². The monoisotopic (exact) mass is 261 g/mol. The SMILES string of the molecule is CCC(=O)NCCc1nc(-c2ccccn2)cs1. The number of hydrogen-bond donors (Lipinski definition) is 1. The maximum absolute atomic E-state index is 11.1. The van der Waals surface area contributed by atoms with Crippen LogP contribution in [-0.4, -0.2) is 22.4 Å². The molecule has 0 aliphatic carbocycles. The lowest BCUT2D eigenvalue weighted by Crippen LogP contribution is -2.24. The summed E-state index contributed by atoms with van der Waals surface area (Å²) < 4.78 is 0. The minimum Gasteiger partial charge on any atom is -0.356 e. The van der Waals surface area contributed by atoms with E-state index in [-0.39, 0.29) is 5.91 Å². The summed E-state index contributed by atoms with van der Waals surface area (Å²) >= 11 is 1.60. The topological polar surface area (TPSA) is 54.9 Å². The number of carbonyl (C=O) groups is 1. The van der Waals surface area contributed by atoms with Gasteiger partial charge in [0.05, 0.1) is 16.4 Å². The van der Waals surface area contributed by atoms with Crippen molar-refractivity contribution >= 4 is 17.2 Å². The Kier molecular flexibility index (Phi) is 4.41. The molecular weight excluding hydrogens is 246 g/mol. The third-order valence-corrected chi connectivity index (χ3v) is 3.37. The maximum atomic E-state index is 11.1. The zero-order valence-corrected chi connectivity index (χ0v) is 11.0. The van der Waals surface area contributed by atoms with Crippen LogP contribution < -0.4 is 5.32 Å². The Bertz CT molecular complexity index is 510.